The molecule has 1 heterocycles. The van der Waals surface area contributed by atoms with Gasteiger partial charge in [-0.15, -0.1) is 0 Å². The first-order chi connectivity index (χ1) is 10.1. The Hall–Kier alpha value is -1.56. The summed E-state index contributed by atoms with van der Waals surface area (Å²) in [5.41, 5.74) is 1.54. The predicted molar refractivity (Wildman–Crippen MR) is 81.6 cm³/mol. The number of benzene rings is 1. The molecule has 1 fully saturated rings. The Balaban J connectivity index is 2.09. The predicted octanol–water partition coefficient (Wildman–Crippen LogP) is 4.76. The van der Waals surface area contributed by atoms with Crippen molar-refractivity contribution in [3.8, 4) is 11.4 Å². The van der Waals surface area contributed by atoms with Crippen molar-refractivity contribution >= 4 is 21.7 Å². The molecule has 3 rings (SSSR count). The van der Waals surface area contributed by atoms with Gasteiger partial charge in [0.1, 0.15) is 5.82 Å². The maximum absolute atomic E-state index is 12.8. The van der Waals surface area contributed by atoms with E-state index < -0.39 is 6.43 Å². The summed E-state index contributed by atoms with van der Waals surface area (Å²) < 4.78 is 26.5. The van der Waals surface area contributed by atoms with E-state index in [4.69, 9.17) is 0 Å². The van der Waals surface area contributed by atoms with E-state index in [1.54, 1.807) is 19.2 Å². The number of nitrogens with zero attached hydrogens (tertiary/aromatic N) is 2. The zero-order valence-electron chi connectivity index (χ0n) is 11.4. The molecule has 2 aromatic rings. The molecule has 0 spiro atoms. The first-order valence-corrected chi connectivity index (χ1v) is 7.53. The highest BCUT2D eigenvalue weighted by Crippen LogP contribution is 2.44. The van der Waals surface area contributed by atoms with Crippen LogP contribution in [0.15, 0.2) is 28.7 Å². The molecule has 0 unspecified atom stereocenters. The van der Waals surface area contributed by atoms with Crippen LogP contribution in [0.4, 0.5) is 14.6 Å². The molecule has 110 valence electrons. The van der Waals surface area contributed by atoms with E-state index in [1.807, 2.05) is 0 Å². The third-order valence-electron chi connectivity index (χ3n) is 3.47. The summed E-state index contributed by atoms with van der Waals surface area (Å²) >= 11 is 3.52. The summed E-state index contributed by atoms with van der Waals surface area (Å²) in [7, 11) is 1.78. The van der Waals surface area contributed by atoms with Gasteiger partial charge in [0.25, 0.3) is 6.43 Å². The molecular formula is C15H14BrF2N3. The fourth-order valence-electron chi connectivity index (χ4n) is 2.20. The maximum Gasteiger partial charge on any atom is 0.263 e. The van der Waals surface area contributed by atoms with Gasteiger partial charge in [-0.2, -0.15) is 0 Å². The molecule has 1 aromatic heterocycles. The Morgan fingerprint density at radius 2 is 2.05 bits per heavy atom. The summed E-state index contributed by atoms with van der Waals surface area (Å²) in [6.45, 7) is 0. The molecule has 1 aliphatic rings. The molecule has 0 radical (unpaired) electrons. The highest BCUT2D eigenvalue weighted by Gasteiger charge is 2.29. The molecule has 0 amide bonds. The first kappa shape index (κ1) is 14.4. The summed E-state index contributed by atoms with van der Waals surface area (Å²) in [5, 5.41) is 3.02. The Morgan fingerprint density at radius 1 is 1.29 bits per heavy atom. The molecule has 1 aliphatic carbocycles. The van der Waals surface area contributed by atoms with E-state index in [-0.39, 0.29) is 5.56 Å². The largest absolute Gasteiger partial charge is 0.372 e. The quantitative estimate of drug-likeness (QED) is 0.860. The number of alkyl halides is 2. The Bertz CT molecular complexity index is 672. The summed E-state index contributed by atoms with van der Waals surface area (Å²) in [6.07, 6.45) is -0.281. The summed E-state index contributed by atoms with van der Waals surface area (Å²) in [6, 6.07) is 6.22. The fourth-order valence-corrected chi connectivity index (χ4v) is 2.90. The number of rotatable bonds is 4. The molecule has 3 nitrogen and oxygen atoms in total. The molecule has 1 saturated carbocycles. The van der Waals surface area contributed by atoms with Crippen molar-refractivity contribution in [2.45, 2.75) is 25.2 Å². The third-order valence-corrected chi connectivity index (χ3v) is 4.26. The topological polar surface area (TPSA) is 37.8 Å². The average molecular weight is 354 g/mol. The van der Waals surface area contributed by atoms with Crippen LogP contribution in [0.1, 0.15) is 36.4 Å². The lowest BCUT2D eigenvalue weighted by molar-refractivity contribution is 0.151. The van der Waals surface area contributed by atoms with Gasteiger partial charge < -0.3 is 5.32 Å². The SMILES string of the molecule is CNc1nc(-c2cccc(C(F)F)c2)nc(C2CC2)c1Br. The monoisotopic (exact) mass is 353 g/mol. The number of anilines is 1. The van der Waals surface area contributed by atoms with Gasteiger partial charge in [-0.25, -0.2) is 18.7 Å². The van der Waals surface area contributed by atoms with Gasteiger partial charge in [-0.1, -0.05) is 18.2 Å². The fraction of sp³-hybridized carbons (Fsp3) is 0.333. The Morgan fingerprint density at radius 3 is 2.67 bits per heavy atom. The van der Waals surface area contributed by atoms with Crippen LogP contribution in [0, 0.1) is 0 Å². The van der Waals surface area contributed by atoms with Crippen LogP contribution < -0.4 is 5.32 Å². The number of hydrogen-bond acceptors (Lipinski definition) is 3. The molecule has 1 N–H and O–H groups in total. The highest BCUT2D eigenvalue weighted by molar-refractivity contribution is 9.10. The highest BCUT2D eigenvalue weighted by atomic mass is 79.9. The van der Waals surface area contributed by atoms with Crippen LogP contribution in [-0.4, -0.2) is 17.0 Å². The smallest absolute Gasteiger partial charge is 0.263 e. The molecule has 21 heavy (non-hydrogen) atoms. The zero-order valence-corrected chi connectivity index (χ0v) is 13.0. The van der Waals surface area contributed by atoms with Crippen molar-refractivity contribution < 1.29 is 8.78 Å². The van der Waals surface area contributed by atoms with Crippen LogP contribution in [0.25, 0.3) is 11.4 Å². The second-order valence-corrected chi connectivity index (χ2v) is 5.84. The van der Waals surface area contributed by atoms with Crippen LogP contribution >= 0.6 is 15.9 Å². The zero-order chi connectivity index (χ0) is 15.0. The van der Waals surface area contributed by atoms with Crippen LogP contribution in [0.5, 0.6) is 0 Å². The molecular weight excluding hydrogens is 340 g/mol. The number of aromatic nitrogens is 2. The van der Waals surface area contributed by atoms with Gasteiger partial charge in [-0.3, -0.25) is 0 Å². The van der Waals surface area contributed by atoms with Crippen molar-refractivity contribution in [1.29, 1.82) is 0 Å². The van der Waals surface area contributed by atoms with Crippen molar-refractivity contribution in [2.24, 2.45) is 0 Å². The normalized spacial score (nSPS) is 14.5. The van der Waals surface area contributed by atoms with E-state index >= 15 is 0 Å². The number of hydrogen-bond donors (Lipinski definition) is 1. The molecule has 1 aromatic carbocycles. The Labute approximate surface area is 129 Å². The first-order valence-electron chi connectivity index (χ1n) is 6.74. The third kappa shape index (κ3) is 2.90. The molecule has 0 saturated heterocycles. The van der Waals surface area contributed by atoms with E-state index in [1.165, 1.54) is 12.1 Å². The lowest BCUT2D eigenvalue weighted by atomic mass is 10.1. The Kier molecular flexibility index (Phi) is 3.89. The molecule has 0 bridgehead atoms. The summed E-state index contributed by atoms with van der Waals surface area (Å²) in [4.78, 5) is 8.99. The molecule has 0 aliphatic heterocycles. The van der Waals surface area contributed by atoms with Crippen molar-refractivity contribution in [2.75, 3.05) is 12.4 Å². The lowest BCUT2D eigenvalue weighted by Crippen LogP contribution is -2.03. The van der Waals surface area contributed by atoms with Crippen molar-refractivity contribution in [3.63, 3.8) is 0 Å². The van der Waals surface area contributed by atoms with Crippen LogP contribution in [-0.2, 0) is 0 Å². The minimum Gasteiger partial charge on any atom is -0.372 e. The van der Waals surface area contributed by atoms with E-state index in [0.717, 1.165) is 23.0 Å². The van der Waals surface area contributed by atoms with E-state index in [9.17, 15) is 8.78 Å². The maximum atomic E-state index is 12.8. The van der Waals surface area contributed by atoms with Gasteiger partial charge in [0.2, 0.25) is 0 Å². The van der Waals surface area contributed by atoms with Crippen molar-refractivity contribution in [1.82, 2.24) is 9.97 Å². The van der Waals surface area contributed by atoms with Gasteiger partial charge in [0.05, 0.1) is 10.2 Å². The van der Waals surface area contributed by atoms with Crippen molar-refractivity contribution in [3.05, 3.63) is 40.0 Å². The minimum absolute atomic E-state index is 0.0157. The minimum atomic E-state index is -2.49. The van der Waals surface area contributed by atoms with Crippen LogP contribution in [0.3, 0.4) is 0 Å². The number of nitrogens with one attached hydrogen (secondary N) is 1. The van der Waals surface area contributed by atoms with Crippen LogP contribution in [0.2, 0.25) is 0 Å². The van der Waals surface area contributed by atoms with Gasteiger partial charge >= 0.3 is 0 Å². The van der Waals surface area contributed by atoms with Gasteiger partial charge in [0, 0.05) is 24.1 Å². The van der Waals surface area contributed by atoms with E-state index in [2.05, 4.69) is 31.2 Å². The summed E-state index contributed by atoms with van der Waals surface area (Å²) in [5.74, 6) is 1.60. The lowest BCUT2D eigenvalue weighted by Gasteiger charge is -2.11. The molecule has 0 atom stereocenters. The van der Waals surface area contributed by atoms with E-state index in [0.29, 0.717) is 23.1 Å². The average Bonchev–Trinajstić information content (AvgIpc) is 3.32. The number of halogens is 3. The van der Waals surface area contributed by atoms with Gasteiger partial charge in [0.15, 0.2) is 5.82 Å². The van der Waals surface area contributed by atoms with Gasteiger partial charge in [-0.05, 0) is 34.8 Å². The second-order valence-electron chi connectivity index (χ2n) is 5.05. The standard InChI is InChI=1S/C15H14BrF2N3/c1-19-15-11(16)12(8-5-6-8)20-14(21-15)10-4-2-3-9(7-10)13(17)18/h2-4,7-8,13H,5-6H2,1H3,(H,19,20,21). The molecule has 6 heteroatoms. The second kappa shape index (κ2) is 5.67.